The molecule has 24 heavy (non-hydrogen) atoms. The lowest BCUT2D eigenvalue weighted by atomic mass is 9.99. The number of amides is 1. The van der Waals surface area contributed by atoms with Crippen LogP contribution in [0.5, 0.6) is 0 Å². The summed E-state index contributed by atoms with van der Waals surface area (Å²) in [4.78, 5) is 12.7. The van der Waals surface area contributed by atoms with Crippen LogP contribution in [0.25, 0.3) is 0 Å². The van der Waals surface area contributed by atoms with E-state index in [1.165, 1.54) is 11.3 Å². The highest BCUT2D eigenvalue weighted by Crippen LogP contribution is 2.31. The highest BCUT2D eigenvalue weighted by Gasteiger charge is 2.31. The van der Waals surface area contributed by atoms with Crippen LogP contribution in [0.1, 0.15) is 65.1 Å². The molecule has 128 valence electrons. The summed E-state index contributed by atoms with van der Waals surface area (Å²) in [5, 5.41) is 14.8. The predicted molar refractivity (Wildman–Crippen MR) is 87.7 cm³/mol. The molecule has 1 amide bonds. The van der Waals surface area contributed by atoms with Gasteiger partial charge in [-0.1, -0.05) is 0 Å². The number of aromatic nitrogens is 4. The molecule has 3 heterocycles. The zero-order valence-electron chi connectivity index (χ0n) is 14.3. The van der Waals surface area contributed by atoms with Gasteiger partial charge in [0.1, 0.15) is 0 Å². The van der Waals surface area contributed by atoms with Gasteiger partial charge >= 0.3 is 0 Å². The minimum Gasteiger partial charge on any atom is -0.369 e. The molecule has 7 heteroatoms. The van der Waals surface area contributed by atoms with Gasteiger partial charge in [0.2, 0.25) is 0 Å². The van der Waals surface area contributed by atoms with E-state index in [1.54, 1.807) is 4.68 Å². The normalized spacial score (nSPS) is 22.3. The SMILES string of the molecule is C[C@@H]1Cc2c(C(=O)NCc3n[nH]c4c3CCC4)nn(C)c2[C@H](C)O1. The van der Waals surface area contributed by atoms with Crippen molar-refractivity contribution in [2.75, 3.05) is 0 Å². The highest BCUT2D eigenvalue weighted by molar-refractivity contribution is 5.94. The van der Waals surface area contributed by atoms with Crippen LogP contribution in [0.4, 0.5) is 0 Å². The van der Waals surface area contributed by atoms with Gasteiger partial charge in [-0.25, -0.2) is 0 Å². The fourth-order valence-electron chi connectivity index (χ4n) is 4.00. The molecule has 0 saturated carbocycles. The lowest BCUT2D eigenvalue weighted by Gasteiger charge is -2.26. The molecule has 2 N–H and O–H groups in total. The number of nitrogens with one attached hydrogen (secondary N) is 2. The van der Waals surface area contributed by atoms with Gasteiger partial charge in [0.15, 0.2) is 5.69 Å². The monoisotopic (exact) mass is 329 g/mol. The smallest absolute Gasteiger partial charge is 0.272 e. The molecule has 2 atom stereocenters. The van der Waals surface area contributed by atoms with Gasteiger partial charge in [-0.15, -0.1) is 0 Å². The third-order valence-electron chi connectivity index (χ3n) is 5.03. The number of fused-ring (bicyclic) bond motifs is 2. The van der Waals surface area contributed by atoms with Crippen LogP contribution in [-0.4, -0.2) is 32.0 Å². The molecule has 4 rings (SSSR count). The Balaban J connectivity index is 1.54. The van der Waals surface area contributed by atoms with E-state index in [9.17, 15) is 4.79 Å². The number of hydrogen-bond donors (Lipinski definition) is 2. The number of aromatic amines is 1. The molecule has 7 nitrogen and oxygen atoms in total. The lowest BCUT2D eigenvalue weighted by Crippen LogP contribution is -2.27. The summed E-state index contributed by atoms with van der Waals surface area (Å²) in [6.07, 6.45) is 4.03. The number of H-pyrrole nitrogens is 1. The van der Waals surface area contributed by atoms with E-state index in [4.69, 9.17) is 4.74 Å². The fourth-order valence-corrected chi connectivity index (χ4v) is 4.00. The van der Waals surface area contributed by atoms with Crippen molar-refractivity contribution in [1.29, 1.82) is 0 Å². The molecule has 0 saturated heterocycles. The maximum atomic E-state index is 12.7. The van der Waals surface area contributed by atoms with Gasteiger partial charge in [0, 0.05) is 24.7 Å². The molecule has 1 aliphatic heterocycles. The van der Waals surface area contributed by atoms with Gasteiger partial charge in [-0.05, 0) is 38.7 Å². The number of carbonyl (C=O) groups is 1. The van der Waals surface area contributed by atoms with Gasteiger partial charge in [0.05, 0.1) is 30.1 Å². The predicted octanol–water partition coefficient (Wildman–Crippen LogP) is 1.58. The summed E-state index contributed by atoms with van der Waals surface area (Å²) < 4.78 is 7.62. The summed E-state index contributed by atoms with van der Waals surface area (Å²) in [5.41, 5.74) is 5.96. The first kappa shape index (κ1) is 15.4. The minimum absolute atomic E-state index is 0.0441. The van der Waals surface area contributed by atoms with Crippen LogP contribution < -0.4 is 5.32 Å². The summed E-state index contributed by atoms with van der Waals surface area (Å²) in [5.74, 6) is -0.136. The first-order valence-electron chi connectivity index (χ1n) is 8.59. The van der Waals surface area contributed by atoms with Crippen molar-refractivity contribution in [1.82, 2.24) is 25.3 Å². The van der Waals surface area contributed by atoms with Crippen LogP contribution >= 0.6 is 0 Å². The van der Waals surface area contributed by atoms with E-state index in [-0.39, 0.29) is 18.1 Å². The third-order valence-corrected chi connectivity index (χ3v) is 5.03. The zero-order valence-corrected chi connectivity index (χ0v) is 14.3. The molecule has 0 radical (unpaired) electrons. The number of nitrogens with zero attached hydrogens (tertiary/aromatic N) is 3. The summed E-state index contributed by atoms with van der Waals surface area (Å²) >= 11 is 0. The van der Waals surface area contributed by atoms with Crippen molar-refractivity contribution in [3.05, 3.63) is 33.9 Å². The Hall–Kier alpha value is -2.15. The van der Waals surface area contributed by atoms with Gasteiger partial charge in [-0.2, -0.15) is 10.2 Å². The number of hydrogen-bond acceptors (Lipinski definition) is 4. The van der Waals surface area contributed by atoms with E-state index in [1.807, 2.05) is 20.9 Å². The van der Waals surface area contributed by atoms with Crippen LogP contribution in [0.15, 0.2) is 0 Å². The zero-order chi connectivity index (χ0) is 16.8. The molecule has 2 aromatic rings. The van der Waals surface area contributed by atoms with Crippen molar-refractivity contribution in [2.45, 2.75) is 58.3 Å². The molecule has 0 fully saturated rings. The fraction of sp³-hybridized carbons (Fsp3) is 0.588. The largest absolute Gasteiger partial charge is 0.369 e. The van der Waals surface area contributed by atoms with Crippen LogP contribution in [0.2, 0.25) is 0 Å². The van der Waals surface area contributed by atoms with Crippen LogP contribution in [-0.2, 0) is 37.6 Å². The average Bonchev–Trinajstić information content (AvgIpc) is 3.19. The molecule has 0 aromatic carbocycles. The second kappa shape index (κ2) is 5.73. The van der Waals surface area contributed by atoms with Crippen molar-refractivity contribution in [3.63, 3.8) is 0 Å². The number of rotatable bonds is 3. The van der Waals surface area contributed by atoms with E-state index in [0.717, 1.165) is 36.2 Å². The summed E-state index contributed by atoms with van der Waals surface area (Å²) in [7, 11) is 1.87. The second-order valence-corrected chi connectivity index (χ2v) is 6.79. The Morgan fingerprint density at radius 1 is 1.38 bits per heavy atom. The quantitative estimate of drug-likeness (QED) is 0.895. The number of aryl methyl sites for hydroxylation is 2. The topological polar surface area (TPSA) is 84.8 Å². The molecule has 2 aliphatic rings. The molecular formula is C17H23N5O2. The maximum absolute atomic E-state index is 12.7. The van der Waals surface area contributed by atoms with E-state index in [2.05, 4.69) is 20.6 Å². The average molecular weight is 329 g/mol. The Morgan fingerprint density at radius 3 is 3.04 bits per heavy atom. The Morgan fingerprint density at radius 2 is 2.21 bits per heavy atom. The van der Waals surface area contributed by atoms with Crippen molar-refractivity contribution in [2.24, 2.45) is 7.05 Å². The van der Waals surface area contributed by atoms with Crippen molar-refractivity contribution < 1.29 is 9.53 Å². The number of ether oxygens (including phenoxy) is 1. The number of carbonyl (C=O) groups excluding carboxylic acids is 1. The highest BCUT2D eigenvalue weighted by atomic mass is 16.5. The van der Waals surface area contributed by atoms with Crippen molar-refractivity contribution in [3.8, 4) is 0 Å². The molecule has 2 aromatic heterocycles. The maximum Gasteiger partial charge on any atom is 0.272 e. The molecule has 0 spiro atoms. The summed E-state index contributed by atoms with van der Waals surface area (Å²) in [6.45, 7) is 4.48. The van der Waals surface area contributed by atoms with E-state index in [0.29, 0.717) is 18.7 Å². The molecule has 0 bridgehead atoms. The Bertz CT molecular complexity index is 791. The molecule has 1 aliphatic carbocycles. The summed E-state index contributed by atoms with van der Waals surface area (Å²) in [6, 6.07) is 0. The molecule has 0 unspecified atom stereocenters. The van der Waals surface area contributed by atoms with E-state index >= 15 is 0 Å². The Labute approximate surface area is 140 Å². The van der Waals surface area contributed by atoms with Gasteiger partial charge in [-0.3, -0.25) is 14.6 Å². The molecular weight excluding hydrogens is 306 g/mol. The first-order chi connectivity index (χ1) is 11.5. The van der Waals surface area contributed by atoms with Gasteiger partial charge < -0.3 is 10.1 Å². The van der Waals surface area contributed by atoms with Crippen molar-refractivity contribution >= 4 is 5.91 Å². The standard InChI is InChI=1S/C17H23N5O2/c1-9-7-12-15(21-22(3)16(12)10(2)24-9)17(23)18-8-14-11-5-4-6-13(11)19-20-14/h9-10H,4-8H2,1-3H3,(H,18,23)(H,19,20)/t9-,10+/m1/s1. The van der Waals surface area contributed by atoms with Crippen LogP contribution in [0, 0.1) is 0 Å². The minimum atomic E-state index is -0.136. The Kier molecular flexibility index (Phi) is 3.68. The van der Waals surface area contributed by atoms with Gasteiger partial charge in [0.25, 0.3) is 5.91 Å². The lowest BCUT2D eigenvalue weighted by molar-refractivity contribution is -0.00903. The second-order valence-electron chi connectivity index (χ2n) is 6.79. The first-order valence-corrected chi connectivity index (χ1v) is 8.59. The van der Waals surface area contributed by atoms with Crippen LogP contribution in [0.3, 0.4) is 0 Å². The van der Waals surface area contributed by atoms with E-state index < -0.39 is 0 Å². The third kappa shape index (κ3) is 2.43.